The first kappa shape index (κ1) is 16.9. The first-order chi connectivity index (χ1) is 11.0. The van der Waals surface area contributed by atoms with E-state index in [1.807, 2.05) is 74.4 Å². The van der Waals surface area contributed by atoms with Gasteiger partial charge in [0.15, 0.2) is 0 Å². The van der Waals surface area contributed by atoms with Gasteiger partial charge in [-0.15, -0.1) is 0 Å². The third kappa shape index (κ3) is 4.74. The Morgan fingerprint density at radius 3 is 2.48 bits per heavy atom. The number of carboxylic acid groups (broad SMARTS) is 1. The second kappa shape index (κ2) is 7.68. The molecule has 0 aliphatic carbocycles. The van der Waals surface area contributed by atoms with Crippen LogP contribution < -0.4 is 9.64 Å². The van der Waals surface area contributed by atoms with E-state index in [-0.39, 0.29) is 0 Å². The number of carbonyl (C=O) groups is 1. The summed E-state index contributed by atoms with van der Waals surface area (Å²) in [5.41, 5.74) is 2.99. The minimum absolute atomic E-state index is 0.363. The van der Waals surface area contributed by atoms with E-state index in [4.69, 9.17) is 4.74 Å². The molecule has 1 atom stereocenters. The monoisotopic (exact) mass is 313 g/mol. The van der Waals surface area contributed by atoms with Crippen molar-refractivity contribution in [3.63, 3.8) is 0 Å². The summed E-state index contributed by atoms with van der Waals surface area (Å²) in [6.45, 7) is 2.35. The van der Waals surface area contributed by atoms with Crippen LogP contribution in [0.4, 0.5) is 5.69 Å². The first-order valence-electron chi connectivity index (χ1n) is 7.67. The molecule has 0 bridgehead atoms. The van der Waals surface area contributed by atoms with Crippen LogP contribution in [0.25, 0.3) is 0 Å². The number of carboxylic acids is 1. The topological polar surface area (TPSA) is 49.8 Å². The van der Waals surface area contributed by atoms with Crippen molar-refractivity contribution in [3.05, 3.63) is 59.7 Å². The molecule has 2 aromatic rings. The number of aryl methyl sites for hydroxylation is 1. The lowest BCUT2D eigenvalue weighted by molar-refractivity contribution is -0.139. The van der Waals surface area contributed by atoms with Gasteiger partial charge in [-0.3, -0.25) is 4.79 Å². The molecule has 0 aliphatic rings. The Kier molecular flexibility index (Phi) is 5.63. The Hall–Kier alpha value is -2.49. The van der Waals surface area contributed by atoms with E-state index >= 15 is 0 Å². The van der Waals surface area contributed by atoms with E-state index in [2.05, 4.69) is 0 Å². The van der Waals surface area contributed by atoms with Crippen LogP contribution >= 0.6 is 0 Å². The van der Waals surface area contributed by atoms with Gasteiger partial charge in [-0.2, -0.15) is 0 Å². The number of anilines is 1. The summed E-state index contributed by atoms with van der Waals surface area (Å²) in [4.78, 5) is 13.5. The molecule has 4 nitrogen and oxygen atoms in total. The number of nitrogens with zero attached hydrogens (tertiary/aromatic N) is 1. The predicted molar refractivity (Wildman–Crippen MR) is 92.4 cm³/mol. The molecule has 1 unspecified atom stereocenters. The van der Waals surface area contributed by atoms with Gasteiger partial charge in [0.25, 0.3) is 0 Å². The van der Waals surface area contributed by atoms with Crippen LogP contribution in [0.3, 0.4) is 0 Å². The lowest BCUT2D eigenvalue weighted by atomic mass is 9.95. The summed E-state index contributed by atoms with van der Waals surface area (Å²) in [6, 6.07) is 15.4. The van der Waals surface area contributed by atoms with Crippen LogP contribution in [0.5, 0.6) is 5.75 Å². The highest BCUT2D eigenvalue weighted by Crippen LogP contribution is 2.23. The Balaban J connectivity index is 1.98. The van der Waals surface area contributed by atoms with Gasteiger partial charge in [0.2, 0.25) is 0 Å². The van der Waals surface area contributed by atoms with Crippen molar-refractivity contribution in [2.75, 3.05) is 25.6 Å². The molecular weight excluding hydrogens is 290 g/mol. The summed E-state index contributed by atoms with van der Waals surface area (Å²) in [5, 5.41) is 9.45. The highest BCUT2D eigenvalue weighted by atomic mass is 16.5. The van der Waals surface area contributed by atoms with Crippen LogP contribution in [0, 0.1) is 6.92 Å². The van der Waals surface area contributed by atoms with Crippen LogP contribution in [0.15, 0.2) is 48.5 Å². The Labute approximate surface area is 137 Å². The van der Waals surface area contributed by atoms with Crippen LogP contribution in [0.2, 0.25) is 0 Å². The van der Waals surface area contributed by atoms with Crippen molar-refractivity contribution < 1.29 is 14.6 Å². The van der Waals surface area contributed by atoms with Gasteiger partial charge in [-0.25, -0.2) is 0 Å². The van der Waals surface area contributed by atoms with Gasteiger partial charge < -0.3 is 14.7 Å². The minimum atomic E-state index is -0.820. The molecule has 0 heterocycles. The lowest BCUT2D eigenvalue weighted by Crippen LogP contribution is -2.15. The predicted octanol–water partition coefficient (Wildman–Crippen LogP) is 3.70. The fourth-order valence-corrected chi connectivity index (χ4v) is 2.38. The highest BCUT2D eigenvalue weighted by molar-refractivity contribution is 5.76. The van der Waals surface area contributed by atoms with Gasteiger partial charge in [0, 0.05) is 25.8 Å². The Bertz CT molecular complexity index is 650. The van der Waals surface area contributed by atoms with Crippen molar-refractivity contribution in [2.45, 2.75) is 19.3 Å². The molecule has 1 N–H and O–H groups in total. The van der Waals surface area contributed by atoms with Crippen molar-refractivity contribution >= 4 is 11.7 Å². The standard InChI is InChI=1S/C19H23NO3/c1-14-7-9-15(10-8-14)18(19(21)22)11-12-23-17-6-4-5-16(13-17)20(2)3/h4-10,13,18H,11-12H2,1-3H3,(H,21,22). The molecule has 4 heteroatoms. The SMILES string of the molecule is Cc1ccc(C(CCOc2cccc(N(C)C)c2)C(=O)O)cc1. The largest absolute Gasteiger partial charge is 0.493 e. The zero-order valence-corrected chi connectivity index (χ0v) is 13.8. The van der Waals surface area contributed by atoms with Crippen LogP contribution in [-0.4, -0.2) is 31.8 Å². The Morgan fingerprint density at radius 2 is 1.87 bits per heavy atom. The van der Waals surface area contributed by atoms with E-state index in [0.717, 1.165) is 22.6 Å². The molecule has 0 aromatic heterocycles. The number of aliphatic carboxylic acids is 1. The molecule has 0 amide bonds. The maximum Gasteiger partial charge on any atom is 0.311 e. The molecular formula is C19H23NO3. The van der Waals surface area contributed by atoms with Gasteiger partial charge in [-0.1, -0.05) is 35.9 Å². The fraction of sp³-hybridized carbons (Fsp3) is 0.316. The smallest absolute Gasteiger partial charge is 0.311 e. The summed E-state index contributed by atoms with van der Waals surface area (Å²) in [6.07, 6.45) is 0.435. The lowest BCUT2D eigenvalue weighted by Gasteiger charge is -2.16. The van der Waals surface area contributed by atoms with E-state index in [0.29, 0.717) is 13.0 Å². The fourth-order valence-electron chi connectivity index (χ4n) is 2.38. The number of benzene rings is 2. The number of rotatable bonds is 7. The van der Waals surface area contributed by atoms with Crippen LogP contribution in [0.1, 0.15) is 23.5 Å². The number of hydrogen-bond acceptors (Lipinski definition) is 3. The summed E-state index contributed by atoms with van der Waals surface area (Å²) < 4.78 is 5.73. The summed E-state index contributed by atoms with van der Waals surface area (Å²) >= 11 is 0. The Morgan fingerprint density at radius 1 is 1.17 bits per heavy atom. The molecule has 122 valence electrons. The van der Waals surface area contributed by atoms with E-state index < -0.39 is 11.9 Å². The van der Waals surface area contributed by atoms with E-state index in [9.17, 15) is 9.90 Å². The minimum Gasteiger partial charge on any atom is -0.493 e. The van der Waals surface area contributed by atoms with Gasteiger partial charge in [-0.05, 0) is 31.0 Å². The normalized spacial score (nSPS) is 11.8. The van der Waals surface area contributed by atoms with Crippen molar-refractivity contribution in [1.82, 2.24) is 0 Å². The molecule has 0 aliphatic heterocycles. The quantitative estimate of drug-likeness (QED) is 0.847. The third-order valence-electron chi connectivity index (χ3n) is 3.79. The molecule has 0 spiro atoms. The maximum atomic E-state index is 11.5. The van der Waals surface area contributed by atoms with Gasteiger partial charge >= 0.3 is 5.97 Å². The second-order valence-corrected chi connectivity index (χ2v) is 5.83. The molecule has 2 rings (SSSR count). The van der Waals surface area contributed by atoms with Crippen LogP contribution in [-0.2, 0) is 4.79 Å². The van der Waals surface area contributed by atoms with Crippen molar-refractivity contribution in [2.24, 2.45) is 0 Å². The number of ether oxygens (including phenoxy) is 1. The van der Waals surface area contributed by atoms with Gasteiger partial charge in [0.1, 0.15) is 5.75 Å². The van der Waals surface area contributed by atoms with E-state index in [1.165, 1.54) is 0 Å². The average Bonchev–Trinajstić information content (AvgIpc) is 2.52. The first-order valence-corrected chi connectivity index (χ1v) is 7.67. The summed E-state index contributed by atoms with van der Waals surface area (Å²) in [7, 11) is 3.94. The number of hydrogen-bond donors (Lipinski definition) is 1. The molecule has 2 aromatic carbocycles. The molecule has 23 heavy (non-hydrogen) atoms. The summed E-state index contributed by atoms with van der Waals surface area (Å²) in [5.74, 6) is -0.614. The molecule has 0 radical (unpaired) electrons. The third-order valence-corrected chi connectivity index (χ3v) is 3.79. The molecule has 0 saturated carbocycles. The maximum absolute atomic E-state index is 11.5. The van der Waals surface area contributed by atoms with Crippen molar-refractivity contribution in [3.8, 4) is 5.75 Å². The zero-order chi connectivity index (χ0) is 16.8. The molecule has 0 fully saturated rings. The molecule has 0 saturated heterocycles. The second-order valence-electron chi connectivity index (χ2n) is 5.83. The van der Waals surface area contributed by atoms with Gasteiger partial charge in [0.05, 0.1) is 12.5 Å². The highest BCUT2D eigenvalue weighted by Gasteiger charge is 2.19. The average molecular weight is 313 g/mol. The van der Waals surface area contributed by atoms with E-state index in [1.54, 1.807) is 0 Å². The van der Waals surface area contributed by atoms with Crippen molar-refractivity contribution in [1.29, 1.82) is 0 Å². The zero-order valence-electron chi connectivity index (χ0n) is 13.8.